The zero-order valence-electron chi connectivity index (χ0n) is 12.0. The average Bonchev–Trinajstić information content (AvgIpc) is 3.17. The summed E-state index contributed by atoms with van der Waals surface area (Å²) in [6, 6.07) is 3.88. The minimum atomic E-state index is -0.0990. The van der Waals surface area contributed by atoms with E-state index in [9.17, 15) is 9.59 Å². The van der Waals surface area contributed by atoms with Gasteiger partial charge < -0.3 is 16.0 Å². The van der Waals surface area contributed by atoms with Gasteiger partial charge in [-0.2, -0.15) is 0 Å². The number of hydrogen-bond donors (Lipinski definition) is 2. The van der Waals surface area contributed by atoms with Crippen LogP contribution in [0.2, 0.25) is 0 Å². The van der Waals surface area contributed by atoms with Crippen molar-refractivity contribution in [1.82, 2.24) is 10.2 Å². The smallest absolute Gasteiger partial charge is 0.261 e. The highest BCUT2D eigenvalue weighted by molar-refractivity contribution is 7.12. The van der Waals surface area contributed by atoms with Crippen molar-refractivity contribution in [2.24, 2.45) is 17.6 Å². The molecular weight excluding hydrogens is 286 g/mol. The van der Waals surface area contributed by atoms with E-state index in [1.165, 1.54) is 11.3 Å². The van der Waals surface area contributed by atoms with Crippen LogP contribution in [-0.2, 0) is 4.79 Å². The normalized spacial score (nSPS) is 27.7. The number of hydrogen-bond acceptors (Lipinski definition) is 4. The van der Waals surface area contributed by atoms with Gasteiger partial charge in [-0.25, -0.2) is 0 Å². The Morgan fingerprint density at radius 2 is 2.24 bits per heavy atom. The lowest BCUT2D eigenvalue weighted by Gasteiger charge is -2.18. The van der Waals surface area contributed by atoms with Crippen LogP contribution in [0.5, 0.6) is 0 Å². The predicted molar refractivity (Wildman–Crippen MR) is 82.0 cm³/mol. The van der Waals surface area contributed by atoms with E-state index in [4.69, 9.17) is 5.73 Å². The third-order valence-electron chi connectivity index (χ3n) is 4.63. The number of rotatable bonds is 4. The molecule has 1 saturated carbocycles. The molecule has 3 atom stereocenters. The molecule has 0 aromatic carbocycles. The highest BCUT2D eigenvalue weighted by Gasteiger charge is 2.42. The Bertz CT molecular complexity index is 517. The van der Waals surface area contributed by atoms with Gasteiger partial charge in [0.15, 0.2) is 0 Å². The van der Waals surface area contributed by atoms with Gasteiger partial charge in [-0.1, -0.05) is 6.07 Å². The van der Waals surface area contributed by atoms with Crippen molar-refractivity contribution in [1.29, 1.82) is 0 Å². The Balaban J connectivity index is 1.42. The van der Waals surface area contributed by atoms with Gasteiger partial charge in [0.05, 0.1) is 4.88 Å². The molecule has 0 spiro atoms. The monoisotopic (exact) mass is 307 g/mol. The first kappa shape index (κ1) is 14.5. The molecule has 21 heavy (non-hydrogen) atoms. The lowest BCUT2D eigenvalue weighted by atomic mass is 9.98. The summed E-state index contributed by atoms with van der Waals surface area (Å²) in [7, 11) is 0. The molecule has 1 aliphatic heterocycles. The van der Waals surface area contributed by atoms with Crippen LogP contribution in [0.15, 0.2) is 17.5 Å². The summed E-state index contributed by atoms with van der Waals surface area (Å²) >= 11 is 1.41. The molecule has 0 radical (unpaired) electrons. The lowest BCUT2D eigenvalue weighted by Crippen LogP contribution is -2.35. The van der Waals surface area contributed by atoms with Crippen molar-refractivity contribution in [3.05, 3.63) is 22.4 Å². The number of nitrogens with one attached hydrogen (secondary N) is 1. The van der Waals surface area contributed by atoms with Gasteiger partial charge in [-0.05, 0) is 36.1 Å². The van der Waals surface area contributed by atoms with Gasteiger partial charge in [0, 0.05) is 32.1 Å². The largest absolute Gasteiger partial charge is 0.351 e. The van der Waals surface area contributed by atoms with Crippen LogP contribution in [0.25, 0.3) is 0 Å². The summed E-state index contributed by atoms with van der Waals surface area (Å²) in [6.45, 7) is 2.03. The molecule has 3 N–H and O–H groups in total. The van der Waals surface area contributed by atoms with Gasteiger partial charge in [-0.3, -0.25) is 9.59 Å². The maximum absolute atomic E-state index is 12.2. The Labute approximate surface area is 128 Å². The number of carbonyl (C=O) groups excluding carboxylic acids is 2. The predicted octanol–water partition coefficient (Wildman–Crippen LogP) is 1.06. The van der Waals surface area contributed by atoms with Crippen LogP contribution < -0.4 is 11.1 Å². The molecule has 1 saturated heterocycles. The van der Waals surface area contributed by atoms with E-state index in [2.05, 4.69) is 5.32 Å². The Morgan fingerprint density at radius 3 is 2.95 bits per heavy atom. The van der Waals surface area contributed by atoms with Crippen molar-refractivity contribution in [2.45, 2.75) is 25.3 Å². The number of nitrogens with zero attached hydrogens (tertiary/aromatic N) is 1. The van der Waals surface area contributed by atoms with Crippen molar-refractivity contribution in [3.8, 4) is 0 Å². The first-order valence-corrected chi connectivity index (χ1v) is 8.38. The van der Waals surface area contributed by atoms with E-state index in [0.717, 1.165) is 25.9 Å². The molecule has 3 unspecified atom stereocenters. The van der Waals surface area contributed by atoms with Gasteiger partial charge >= 0.3 is 0 Å². The number of thiophene rings is 1. The molecule has 0 bridgehead atoms. The summed E-state index contributed by atoms with van der Waals surface area (Å²) < 4.78 is 0. The topological polar surface area (TPSA) is 75.4 Å². The van der Waals surface area contributed by atoms with E-state index in [1.807, 2.05) is 16.3 Å². The standard InChI is InChI=1S/C15H21N3O2S/c16-12-4-3-10-8-18(9-11(10)12)14(19)5-6-17-15(20)13-2-1-7-21-13/h1-2,7,10-12H,3-6,8-9,16H2,(H,17,20). The van der Waals surface area contributed by atoms with Crippen molar-refractivity contribution >= 4 is 23.2 Å². The van der Waals surface area contributed by atoms with Crippen LogP contribution in [0.1, 0.15) is 28.9 Å². The molecule has 3 rings (SSSR count). The summed E-state index contributed by atoms with van der Waals surface area (Å²) in [5, 5.41) is 4.67. The van der Waals surface area contributed by atoms with Crippen LogP contribution in [0, 0.1) is 11.8 Å². The molecule has 1 aliphatic carbocycles. The molecule has 5 nitrogen and oxygen atoms in total. The number of carbonyl (C=O) groups is 2. The van der Waals surface area contributed by atoms with E-state index in [-0.39, 0.29) is 17.9 Å². The third kappa shape index (κ3) is 3.11. The fourth-order valence-corrected chi connectivity index (χ4v) is 4.09. The molecule has 114 valence electrons. The second-order valence-electron chi connectivity index (χ2n) is 5.95. The highest BCUT2D eigenvalue weighted by atomic mass is 32.1. The summed E-state index contributed by atoms with van der Waals surface area (Å²) in [4.78, 5) is 26.6. The van der Waals surface area contributed by atoms with Crippen molar-refractivity contribution < 1.29 is 9.59 Å². The van der Waals surface area contributed by atoms with Crippen LogP contribution in [0.4, 0.5) is 0 Å². The van der Waals surface area contributed by atoms with Gasteiger partial charge in [-0.15, -0.1) is 11.3 Å². The molecule has 1 aromatic rings. The van der Waals surface area contributed by atoms with Crippen LogP contribution in [0.3, 0.4) is 0 Å². The summed E-state index contributed by atoms with van der Waals surface area (Å²) in [5.74, 6) is 1.10. The Kier molecular flexibility index (Phi) is 4.26. The van der Waals surface area contributed by atoms with E-state index in [1.54, 1.807) is 6.07 Å². The maximum Gasteiger partial charge on any atom is 0.261 e. The zero-order valence-corrected chi connectivity index (χ0v) is 12.8. The number of likely N-dealkylation sites (tertiary alicyclic amines) is 1. The lowest BCUT2D eigenvalue weighted by molar-refractivity contribution is -0.130. The fraction of sp³-hybridized carbons (Fsp3) is 0.600. The average molecular weight is 307 g/mol. The minimum Gasteiger partial charge on any atom is -0.351 e. The van der Waals surface area contributed by atoms with E-state index < -0.39 is 0 Å². The van der Waals surface area contributed by atoms with E-state index >= 15 is 0 Å². The zero-order chi connectivity index (χ0) is 14.8. The SMILES string of the molecule is NC1CCC2CN(C(=O)CCNC(=O)c3cccs3)CC12. The molecule has 2 aliphatic rings. The second-order valence-corrected chi connectivity index (χ2v) is 6.89. The molecule has 2 amide bonds. The van der Waals surface area contributed by atoms with Crippen LogP contribution in [-0.4, -0.2) is 42.4 Å². The van der Waals surface area contributed by atoms with Crippen molar-refractivity contribution in [3.63, 3.8) is 0 Å². The minimum absolute atomic E-state index is 0.0990. The van der Waals surface area contributed by atoms with Crippen LogP contribution >= 0.6 is 11.3 Å². The Morgan fingerprint density at radius 1 is 1.38 bits per heavy atom. The maximum atomic E-state index is 12.2. The van der Waals surface area contributed by atoms with Gasteiger partial charge in [0.2, 0.25) is 5.91 Å². The molecule has 2 heterocycles. The summed E-state index contributed by atoms with van der Waals surface area (Å²) in [6.07, 6.45) is 2.60. The highest BCUT2D eigenvalue weighted by Crippen LogP contribution is 2.37. The first-order valence-electron chi connectivity index (χ1n) is 7.50. The number of fused-ring (bicyclic) bond motifs is 1. The molecule has 1 aromatic heterocycles. The molecule has 2 fully saturated rings. The molecular formula is C15H21N3O2S. The fourth-order valence-electron chi connectivity index (χ4n) is 3.45. The van der Waals surface area contributed by atoms with Gasteiger partial charge in [0.1, 0.15) is 0 Å². The summed E-state index contributed by atoms with van der Waals surface area (Å²) in [5.41, 5.74) is 6.08. The van der Waals surface area contributed by atoms with Crippen molar-refractivity contribution in [2.75, 3.05) is 19.6 Å². The Hall–Kier alpha value is -1.40. The second kappa shape index (κ2) is 6.15. The van der Waals surface area contributed by atoms with E-state index in [0.29, 0.717) is 29.7 Å². The van der Waals surface area contributed by atoms with Gasteiger partial charge in [0.25, 0.3) is 5.91 Å². The quantitative estimate of drug-likeness (QED) is 0.873. The number of nitrogens with two attached hydrogens (primary N) is 1. The third-order valence-corrected chi connectivity index (χ3v) is 5.50. The number of amides is 2. The first-order chi connectivity index (χ1) is 10.1. The molecule has 6 heteroatoms.